The number of benzene rings is 3. The molecule has 178 valence electrons. The zero-order valence-corrected chi connectivity index (χ0v) is 19.7. The Morgan fingerprint density at radius 2 is 1.62 bits per heavy atom. The van der Waals surface area contributed by atoms with Crippen LogP contribution in [0.3, 0.4) is 0 Å². The van der Waals surface area contributed by atoms with Crippen LogP contribution in [0.4, 0.5) is 0 Å². The topological polar surface area (TPSA) is 113 Å². The van der Waals surface area contributed by atoms with E-state index in [2.05, 4.69) is 10.5 Å². The molecule has 0 atom stereocenters. The van der Waals surface area contributed by atoms with Crippen molar-refractivity contribution in [3.63, 3.8) is 0 Å². The molecule has 10 heteroatoms. The van der Waals surface area contributed by atoms with Crippen LogP contribution in [0.5, 0.6) is 23.0 Å². The van der Waals surface area contributed by atoms with Gasteiger partial charge in [-0.1, -0.05) is 24.3 Å². The molecular formula is C24H24N2O7S. The Labute approximate surface area is 198 Å². The van der Waals surface area contributed by atoms with Crippen molar-refractivity contribution in [3.8, 4) is 23.0 Å². The molecule has 0 fully saturated rings. The van der Waals surface area contributed by atoms with Gasteiger partial charge in [-0.3, -0.25) is 4.79 Å². The minimum atomic E-state index is -4.23. The second-order valence-electron chi connectivity index (χ2n) is 6.91. The summed E-state index contributed by atoms with van der Waals surface area (Å²) in [6.45, 7) is 0. The Kier molecular flexibility index (Phi) is 8.10. The number of methoxy groups -OCH3 is 3. The van der Waals surface area contributed by atoms with Gasteiger partial charge in [0.05, 0.1) is 34.0 Å². The minimum absolute atomic E-state index is 0.0335. The van der Waals surface area contributed by atoms with E-state index in [1.165, 1.54) is 44.7 Å². The number of para-hydroxylation sites is 1. The van der Waals surface area contributed by atoms with Crippen LogP contribution in [0.15, 0.2) is 76.7 Å². The first-order valence-corrected chi connectivity index (χ1v) is 11.5. The molecule has 0 aliphatic rings. The number of amides is 1. The van der Waals surface area contributed by atoms with Crippen LogP contribution in [0.25, 0.3) is 0 Å². The molecule has 34 heavy (non-hydrogen) atoms. The quantitative estimate of drug-likeness (QED) is 0.267. The summed E-state index contributed by atoms with van der Waals surface area (Å²) in [4.78, 5) is 12.0. The molecular weight excluding hydrogens is 460 g/mol. The highest BCUT2D eigenvalue weighted by atomic mass is 32.2. The number of hydrogen-bond acceptors (Lipinski definition) is 8. The molecule has 0 heterocycles. The van der Waals surface area contributed by atoms with E-state index in [4.69, 9.17) is 18.4 Å². The first kappa shape index (κ1) is 24.6. The third-order valence-corrected chi connectivity index (χ3v) is 5.93. The van der Waals surface area contributed by atoms with Gasteiger partial charge in [0.2, 0.25) is 5.91 Å². The highest BCUT2D eigenvalue weighted by Crippen LogP contribution is 2.31. The predicted molar refractivity (Wildman–Crippen MR) is 126 cm³/mol. The van der Waals surface area contributed by atoms with Gasteiger partial charge in [0.25, 0.3) is 0 Å². The normalized spacial score (nSPS) is 11.1. The van der Waals surface area contributed by atoms with E-state index in [-0.39, 0.29) is 28.7 Å². The molecule has 0 aliphatic carbocycles. The predicted octanol–water partition coefficient (Wildman–Crippen LogP) is 3.17. The van der Waals surface area contributed by atoms with Crippen LogP contribution in [-0.4, -0.2) is 41.9 Å². The van der Waals surface area contributed by atoms with Gasteiger partial charge in [-0.05, 0) is 42.0 Å². The lowest BCUT2D eigenvalue weighted by Gasteiger charge is -2.13. The van der Waals surface area contributed by atoms with E-state index < -0.39 is 10.1 Å². The fraction of sp³-hybridized carbons (Fsp3) is 0.167. The standard InChI is InChI=1S/C24H24N2O7S/c1-30-19-9-6-7-17(13-19)14-24(27)26-25-16-18-8-4-5-10-21(18)33-34(28,29)23-12-11-20(31-2)15-22(23)32-3/h4-13,15-16H,14H2,1-3H3,(H,26,27)/b25-16+. The van der Waals surface area contributed by atoms with E-state index >= 15 is 0 Å². The number of hydrazone groups is 1. The maximum Gasteiger partial charge on any atom is 0.342 e. The van der Waals surface area contributed by atoms with Gasteiger partial charge in [-0.15, -0.1) is 0 Å². The Morgan fingerprint density at radius 1 is 0.882 bits per heavy atom. The van der Waals surface area contributed by atoms with Gasteiger partial charge < -0.3 is 18.4 Å². The number of hydrogen-bond donors (Lipinski definition) is 1. The molecule has 3 aromatic carbocycles. The third-order valence-electron chi connectivity index (χ3n) is 4.65. The second-order valence-corrected chi connectivity index (χ2v) is 8.43. The summed E-state index contributed by atoms with van der Waals surface area (Å²) < 4.78 is 46.6. The van der Waals surface area contributed by atoms with Crippen molar-refractivity contribution in [1.82, 2.24) is 5.43 Å². The lowest BCUT2D eigenvalue weighted by Crippen LogP contribution is -2.20. The van der Waals surface area contributed by atoms with Crippen molar-refractivity contribution in [2.24, 2.45) is 5.10 Å². The highest BCUT2D eigenvalue weighted by molar-refractivity contribution is 7.87. The average molecular weight is 485 g/mol. The average Bonchev–Trinajstić information content (AvgIpc) is 2.84. The molecule has 0 unspecified atom stereocenters. The van der Waals surface area contributed by atoms with Gasteiger partial charge in [0.1, 0.15) is 22.1 Å². The minimum Gasteiger partial charge on any atom is -0.497 e. The van der Waals surface area contributed by atoms with Gasteiger partial charge in [0.15, 0.2) is 5.75 Å². The van der Waals surface area contributed by atoms with Crippen LogP contribution >= 0.6 is 0 Å². The molecule has 0 radical (unpaired) electrons. The molecule has 0 saturated heterocycles. The van der Waals surface area contributed by atoms with Gasteiger partial charge >= 0.3 is 10.1 Å². The zero-order chi connectivity index (χ0) is 24.6. The van der Waals surface area contributed by atoms with E-state index in [1.807, 2.05) is 0 Å². The first-order chi connectivity index (χ1) is 16.4. The van der Waals surface area contributed by atoms with E-state index in [1.54, 1.807) is 49.6 Å². The van der Waals surface area contributed by atoms with E-state index in [9.17, 15) is 13.2 Å². The van der Waals surface area contributed by atoms with Crippen LogP contribution in [0.1, 0.15) is 11.1 Å². The molecule has 3 aromatic rings. The molecule has 1 amide bonds. The van der Waals surface area contributed by atoms with E-state index in [0.717, 1.165) is 5.56 Å². The molecule has 0 bridgehead atoms. The largest absolute Gasteiger partial charge is 0.497 e. The Bertz CT molecular complexity index is 1290. The smallest absolute Gasteiger partial charge is 0.342 e. The lowest BCUT2D eigenvalue weighted by molar-refractivity contribution is -0.120. The second kappa shape index (κ2) is 11.2. The summed E-state index contributed by atoms with van der Waals surface area (Å²) in [5, 5.41) is 3.93. The van der Waals surface area contributed by atoms with E-state index in [0.29, 0.717) is 17.1 Å². The van der Waals surface area contributed by atoms with Gasteiger partial charge in [-0.25, -0.2) is 5.43 Å². The molecule has 0 spiro atoms. The van der Waals surface area contributed by atoms with Crippen LogP contribution < -0.4 is 23.8 Å². The molecule has 0 aliphatic heterocycles. The Hall–Kier alpha value is -4.05. The summed E-state index contributed by atoms with van der Waals surface area (Å²) in [5.74, 6) is 0.850. The van der Waals surface area contributed by atoms with Crippen LogP contribution in [0.2, 0.25) is 0 Å². The summed E-state index contributed by atoms with van der Waals surface area (Å²) >= 11 is 0. The summed E-state index contributed by atoms with van der Waals surface area (Å²) in [7, 11) is 0.128. The zero-order valence-electron chi connectivity index (χ0n) is 18.8. The van der Waals surface area contributed by atoms with Crippen LogP contribution in [0, 0.1) is 0 Å². The van der Waals surface area contributed by atoms with Crippen LogP contribution in [-0.2, 0) is 21.3 Å². The Balaban J connectivity index is 1.73. The van der Waals surface area contributed by atoms with Crippen molar-refractivity contribution in [3.05, 3.63) is 77.9 Å². The van der Waals surface area contributed by atoms with Crippen molar-refractivity contribution in [2.75, 3.05) is 21.3 Å². The third kappa shape index (κ3) is 6.26. The lowest BCUT2D eigenvalue weighted by atomic mass is 10.1. The fourth-order valence-corrected chi connectivity index (χ4v) is 4.09. The summed E-state index contributed by atoms with van der Waals surface area (Å²) in [5.41, 5.74) is 3.53. The molecule has 3 rings (SSSR count). The first-order valence-electron chi connectivity index (χ1n) is 10.1. The molecule has 0 aromatic heterocycles. The SMILES string of the molecule is COc1cccc(CC(=O)N/N=C/c2ccccc2OS(=O)(=O)c2ccc(OC)cc2OC)c1. The maximum absolute atomic E-state index is 12.9. The molecule has 9 nitrogen and oxygen atoms in total. The van der Waals surface area contributed by atoms with Crippen molar-refractivity contribution in [1.29, 1.82) is 0 Å². The number of ether oxygens (including phenoxy) is 3. The maximum atomic E-state index is 12.9. The molecule has 1 N–H and O–H groups in total. The summed E-state index contributed by atoms with van der Waals surface area (Å²) in [6, 6.07) is 17.8. The fourth-order valence-electron chi connectivity index (χ4n) is 2.99. The Morgan fingerprint density at radius 3 is 2.35 bits per heavy atom. The van der Waals surface area contributed by atoms with Crippen molar-refractivity contribution in [2.45, 2.75) is 11.3 Å². The number of rotatable bonds is 10. The number of carbonyl (C=O) groups is 1. The van der Waals surface area contributed by atoms with Gasteiger partial charge in [0, 0.05) is 11.6 Å². The highest BCUT2D eigenvalue weighted by Gasteiger charge is 2.23. The summed E-state index contributed by atoms with van der Waals surface area (Å²) in [6.07, 6.45) is 1.40. The number of nitrogens with one attached hydrogen (secondary N) is 1. The number of nitrogens with zero attached hydrogens (tertiary/aromatic N) is 1. The van der Waals surface area contributed by atoms with Crippen molar-refractivity contribution >= 4 is 22.2 Å². The van der Waals surface area contributed by atoms with Gasteiger partial charge in [-0.2, -0.15) is 13.5 Å². The number of carbonyl (C=O) groups excluding carboxylic acids is 1. The monoisotopic (exact) mass is 484 g/mol. The molecule has 0 saturated carbocycles. The van der Waals surface area contributed by atoms with Crippen molar-refractivity contribution < 1.29 is 31.6 Å².